The van der Waals surface area contributed by atoms with Crippen LogP contribution in [0, 0.1) is 0 Å². The highest BCUT2D eigenvalue weighted by atomic mass is 19.2. The second-order valence-corrected chi connectivity index (χ2v) is 4.57. The molecule has 0 amide bonds. The fraction of sp³-hybridized carbons (Fsp3) is 0.600. The maximum absolute atomic E-state index is 13.7. The third kappa shape index (κ3) is 1.81. The van der Waals surface area contributed by atoms with Crippen LogP contribution >= 0.6 is 0 Å². The summed E-state index contributed by atoms with van der Waals surface area (Å²) in [7, 11) is 0. The highest BCUT2D eigenvalue weighted by Crippen LogP contribution is 2.37. The Kier molecular flexibility index (Phi) is 2.99. The molecule has 0 bridgehead atoms. The maximum Gasteiger partial charge on any atom is 0.354 e. The summed E-state index contributed by atoms with van der Waals surface area (Å²) in [5.41, 5.74) is -0.377. The van der Waals surface area contributed by atoms with Crippen molar-refractivity contribution in [3.63, 3.8) is 0 Å². The van der Waals surface area contributed by atoms with Crippen LogP contribution in [0.3, 0.4) is 0 Å². The average Bonchev–Trinajstić information content (AvgIpc) is 2.94. The van der Waals surface area contributed by atoms with Gasteiger partial charge in [-0.1, -0.05) is 0 Å². The van der Waals surface area contributed by atoms with E-state index in [1.807, 2.05) is 0 Å². The molecule has 2 aliphatic rings. The van der Waals surface area contributed by atoms with Crippen LogP contribution < -0.4 is 5.32 Å². The molecule has 1 aromatic heterocycles. The number of aliphatic hydroxyl groups is 4. The quantitative estimate of drug-likeness (QED) is 0.398. The van der Waals surface area contributed by atoms with Crippen LogP contribution in [0.15, 0.2) is 11.3 Å². The van der Waals surface area contributed by atoms with Crippen LogP contribution in [-0.2, 0) is 10.7 Å². The number of hydrogen-bond donors (Lipinski definition) is 5. The van der Waals surface area contributed by atoms with Gasteiger partial charge in [0.2, 0.25) is 0 Å². The molecule has 0 aromatic carbocycles. The van der Waals surface area contributed by atoms with E-state index in [-0.39, 0.29) is 11.5 Å². The number of aromatic nitrogens is 2. The predicted molar refractivity (Wildman–Crippen MR) is 62.4 cm³/mol. The molecule has 2 aliphatic heterocycles. The molecule has 0 spiro atoms. The minimum atomic E-state index is -2.97. The van der Waals surface area contributed by atoms with Crippen molar-refractivity contribution in [3.05, 3.63) is 12.0 Å². The predicted octanol–water partition coefficient (Wildman–Crippen LogP) is -1.98. The number of ether oxygens (including phenoxy) is 1. The van der Waals surface area contributed by atoms with Gasteiger partial charge in [0.05, 0.1) is 19.3 Å². The van der Waals surface area contributed by atoms with Gasteiger partial charge in [-0.05, 0) is 0 Å². The zero-order valence-corrected chi connectivity index (χ0v) is 10.1. The first-order valence-corrected chi connectivity index (χ1v) is 5.87. The highest BCUT2D eigenvalue weighted by molar-refractivity contribution is 5.78. The first-order valence-electron chi connectivity index (χ1n) is 5.87. The van der Waals surface area contributed by atoms with Crippen molar-refractivity contribution in [2.24, 2.45) is 4.99 Å². The van der Waals surface area contributed by atoms with Crippen LogP contribution in [0.4, 0.5) is 10.2 Å². The number of aliphatic imine (C=N–C) groups is 1. The van der Waals surface area contributed by atoms with Crippen LogP contribution in [0.5, 0.6) is 0 Å². The Morgan fingerprint density at radius 3 is 2.85 bits per heavy atom. The number of alkyl halides is 1. The molecular weight excluding hydrogens is 275 g/mol. The third-order valence-corrected chi connectivity index (χ3v) is 3.32. The zero-order valence-electron chi connectivity index (χ0n) is 10.1. The van der Waals surface area contributed by atoms with Gasteiger partial charge in [0.1, 0.15) is 24.1 Å². The van der Waals surface area contributed by atoms with Gasteiger partial charge >= 0.3 is 5.98 Å². The summed E-state index contributed by atoms with van der Waals surface area (Å²) in [6.07, 6.45) is -2.58. The number of nitrogens with one attached hydrogen (secondary N) is 1. The van der Waals surface area contributed by atoms with Crippen molar-refractivity contribution in [2.45, 2.75) is 30.5 Å². The van der Waals surface area contributed by atoms with Gasteiger partial charge < -0.3 is 30.5 Å². The summed E-state index contributed by atoms with van der Waals surface area (Å²) in [6, 6.07) is 0. The third-order valence-electron chi connectivity index (χ3n) is 3.32. The van der Waals surface area contributed by atoms with Crippen LogP contribution in [0.2, 0.25) is 0 Å². The van der Waals surface area contributed by atoms with Gasteiger partial charge in [0.25, 0.3) is 0 Å². The van der Waals surface area contributed by atoms with E-state index in [0.717, 1.165) is 12.7 Å². The normalized spacial score (nSPS) is 39.6. The second kappa shape index (κ2) is 4.46. The Morgan fingerprint density at radius 1 is 1.45 bits per heavy atom. The van der Waals surface area contributed by atoms with E-state index >= 15 is 0 Å². The molecule has 10 heteroatoms. The number of fused-ring (bicyclic) bond motifs is 1. The molecule has 1 unspecified atom stereocenters. The number of imidazole rings is 1. The number of hydrogen-bond acceptors (Lipinski definition) is 8. The molecule has 3 heterocycles. The van der Waals surface area contributed by atoms with E-state index in [0.29, 0.717) is 0 Å². The first kappa shape index (κ1) is 13.4. The van der Waals surface area contributed by atoms with E-state index in [9.17, 15) is 19.7 Å². The molecule has 5 atom stereocenters. The number of anilines is 1. The topological polar surface area (TPSA) is 132 Å². The van der Waals surface area contributed by atoms with Crippen LogP contribution in [0.1, 0.15) is 11.9 Å². The molecule has 1 saturated heterocycles. The number of nitrogens with zero attached hydrogens (tertiary/aromatic N) is 3. The van der Waals surface area contributed by atoms with Gasteiger partial charge in [-0.25, -0.2) is 9.98 Å². The molecule has 20 heavy (non-hydrogen) atoms. The SMILES string of the molecule is OC[C@H]1O[C@@H](n2cnc3c2NC=NC3(O)F)[C@H](O)[C@@H]1O. The Hall–Kier alpha value is -1.59. The van der Waals surface area contributed by atoms with Gasteiger partial charge in [-0.3, -0.25) is 4.57 Å². The van der Waals surface area contributed by atoms with Crippen LogP contribution in [-0.4, -0.2) is 61.2 Å². The van der Waals surface area contributed by atoms with Crippen molar-refractivity contribution >= 4 is 12.2 Å². The maximum atomic E-state index is 13.7. The minimum absolute atomic E-state index is 0.0415. The number of halogens is 1. The standard InChI is InChI=1S/C10H13FN4O5/c11-10(19)7-8(12-2-14-10)15(3-13-7)9-6(18)5(17)4(1-16)20-9/h2-6,9,16-19H,1H2,(H,12,14)/t4-,5-,6-,9-,10?/m1/s1. The molecular formula is C10H13FN4O5. The van der Waals surface area contributed by atoms with Crippen molar-refractivity contribution < 1.29 is 29.6 Å². The lowest BCUT2D eigenvalue weighted by Crippen LogP contribution is -2.33. The molecule has 9 nitrogen and oxygen atoms in total. The molecule has 110 valence electrons. The van der Waals surface area contributed by atoms with E-state index in [2.05, 4.69) is 15.3 Å². The molecule has 3 rings (SSSR count). The monoisotopic (exact) mass is 288 g/mol. The van der Waals surface area contributed by atoms with Crippen molar-refractivity contribution in [2.75, 3.05) is 11.9 Å². The summed E-state index contributed by atoms with van der Waals surface area (Å²) in [6.45, 7) is -0.479. The summed E-state index contributed by atoms with van der Waals surface area (Å²) in [4.78, 5) is 6.88. The summed E-state index contributed by atoms with van der Waals surface area (Å²) >= 11 is 0. The largest absolute Gasteiger partial charge is 0.394 e. The molecule has 1 fully saturated rings. The van der Waals surface area contributed by atoms with Gasteiger partial charge in [0.15, 0.2) is 11.9 Å². The van der Waals surface area contributed by atoms with E-state index < -0.39 is 37.1 Å². The van der Waals surface area contributed by atoms with E-state index in [1.165, 1.54) is 4.57 Å². The Labute approximate surface area is 112 Å². The lowest BCUT2D eigenvalue weighted by molar-refractivity contribution is -0.0901. The van der Waals surface area contributed by atoms with E-state index in [4.69, 9.17) is 9.84 Å². The summed E-state index contributed by atoms with van der Waals surface area (Å²) < 4.78 is 20.2. The highest BCUT2D eigenvalue weighted by Gasteiger charge is 2.46. The summed E-state index contributed by atoms with van der Waals surface area (Å²) in [5.74, 6) is -2.93. The second-order valence-electron chi connectivity index (χ2n) is 4.57. The smallest absolute Gasteiger partial charge is 0.354 e. The Balaban J connectivity index is 1.96. The zero-order chi connectivity index (χ0) is 14.5. The number of rotatable bonds is 2. The summed E-state index contributed by atoms with van der Waals surface area (Å²) in [5, 5.41) is 40.6. The van der Waals surface area contributed by atoms with Gasteiger partial charge in [-0.2, -0.15) is 4.39 Å². The molecule has 0 radical (unpaired) electrons. The average molecular weight is 288 g/mol. The van der Waals surface area contributed by atoms with Crippen molar-refractivity contribution in [1.82, 2.24) is 9.55 Å². The molecule has 0 saturated carbocycles. The first-order chi connectivity index (χ1) is 9.45. The fourth-order valence-corrected chi connectivity index (χ4v) is 2.28. The van der Waals surface area contributed by atoms with Gasteiger partial charge in [-0.15, -0.1) is 0 Å². The lowest BCUT2D eigenvalue weighted by atomic mass is 10.1. The lowest BCUT2D eigenvalue weighted by Gasteiger charge is -2.22. The molecule has 5 N–H and O–H groups in total. The van der Waals surface area contributed by atoms with E-state index in [1.54, 1.807) is 0 Å². The fourth-order valence-electron chi connectivity index (χ4n) is 2.28. The number of aliphatic hydroxyl groups excluding tert-OH is 3. The minimum Gasteiger partial charge on any atom is -0.394 e. The molecule has 1 aromatic rings. The Bertz CT molecular complexity index is 548. The van der Waals surface area contributed by atoms with Crippen molar-refractivity contribution in [1.29, 1.82) is 0 Å². The van der Waals surface area contributed by atoms with Crippen molar-refractivity contribution in [3.8, 4) is 0 Å². The van der Waals surface area contributed by atoms with Gasteiger partial charge in [0, 0.05) is 0 Å². The molecule has 0 aliphatic carbocycles. The Morgan fingerprint density at radius 2 is 2.20 bits per heavy atom. The van der Waals surface area contributed by atoms with Crippen LogP contribution in [0.25, 0.3) is 0 Å².